The monoisotopic (exact) mass is 394 g/mol. The standard InChI is InChI=1S/C22H26N4O3/c1-29-19-7-3-2-6-18(19)26-15-17(13-21(26)27)22(28)24-14-16-8-9-23-20(12-16)25-10-4-5-11-25/h2-3,6-9,12,17H,4-5,10-11,13-15H2,1H3,(H,24,28). The fourth-order valence-electron chi connectivity index (χ4n) is 3.99. The molecule has 3 heterocycles. The molecule has 2 amide bonds. The van der Waals surface area contributed by atoms with Gasteiger partial charge in [-0.3, -0.25) is 9.59 Å². The predicted octanol–water partition coefficient (Wildman–Crippen LogP) is 2.36. The lowest BCUT2D eigenvalue weighted by molar-refractivity contribution is -0.126. The minimum atomic E-state index is -0.368. The summed E-state index contributed by atoms with van der Waals surface area (Å²) in [6, 6.07) is 11.3. The molecule has 2 aliphatic rings. The number of anilines is 2. The van der Waals surface area contributed by atoms with Gasteiger partial charge in [-0.15, -0.1) is 0 Å². The van der Waals surface area contributed by atoms with Crippen molar-refractivity contribution in [1.82, 2.24) is 10.3 Å². The Morgan fingerprint density at radius 1 is 1.24 bits per heavy atom. The first kappa shape index (κ1) is 19.2. The van der Waals surface area contributed by atoms with Crippen LogP contribution < -0.4 is 19.9 Å². The molecule has 2 saturated heterocycles. The first-order valence-corrected chi connectivity index (χ1v) is 10.1. The number of hydrogen-bond acceptors (Lipinski definition) is 5. The van der Waals surface area contributed by atoms with Gasteiger partial charge < -0.3 is 19.9 Å². The molecular formula is C22H26N4O3. The third-order valence-electron chi connectivity index (χ3n) is 5.58. The molecule has 0 radical (unpaired) electrons. The van der Waals surface area contributed by atoms with E-state index in [1.807, 2.05) is 36.4 Å². The first-order chi connectivity index (χ1) is 14.2. The smallest absolute Gasteiger partial charge is 0.227 e. The van der Waals surface area contributed by atoms with Crippen molar-refractivity contribution in [1.29, 1.82) is 0 Å². The van der Waals surface area contributed by atoms with Crippen LogP contribution in [0.2, 0.25) is 0 Å². The van der Waals surface area contributed by atoms with E-state index >= 15 is 0 Å². The van der Waals surface area contributed by atoms with Gasteiger partial charge in [-0.05, 0) is 42.7 Å². The van der Waals surface area contributed by atoms with Gasteiger partial charge in [0.2, 0.25) is 11.8 Å². The Bertz CT molecular complexity index is 895. The van der Waals surface area contributed by atoms with Crippen molar-refractivity contribution >= 4 is 23.3 Å². The van der Waals surface area contributed by atoms with Crippen molar-refractivity contribution < 1.29 is 14.3 Å². The number of amides is 2. The third kappa shape index (κ3) is 4.18. The zero-order valence-electron chi connectivity index (χ0n) is 16.6. The molecular weight excluding hydrogens is 368 g/mol. The summed E-state index contributed by atoms with van der Waals surface area (Å²) in [6.45, 7) is 2.86. The molecule has 2 aromatic rings. The number of benzene rings is 1. The van der Waals surface area contributed by atoms with Crippen molar-refractivity contribution in [3.63, 3.8) is 0 Å². The van der Waals surface area contributed by atoms with Crippen LogP contribution in [-0.4, -0.2) is 43.5 Å². The number of carbonyl (C=O) groups is 2. The molecule has 4 rings (SSSR count). The molecule has 1 N–H and O–H groups in total. The summed E-state index contributed by atoms with van der Waals surface area (Å²) in [4.78, 5) is 33.5. The summed E-state index contributed by atoms with van der Waals surface area (Å²) < 4.78 is 5.36. The van der Waals surface area contributed by atoms with Gasteiger partial charge in [-0.25, -0.2) is 4.98 Å². The van der Waals surface area contributed by atoms with Crippen LogP contribution in [-0.2, 0) is 16.1 Å². The number of pyridine rings is 1. The average molecular weight is 394 g/mol. The van der Waals surface area contributed by atoms with E-state index in [0.717, 1.165) is 24.5 Å². The Balaban J connectivity index is 1.37. The van der Waals surface area contributed by atoms with Crippen molar-refractivity contribution in [2.75, 3.05) is 36.5 Å². The van der Waals surface area contributed by atoms with Gasteiger partial charge in [0.1, 0.15) is 11.6 Å². The van der Waals surface area contributed by atoms with E-state index in [9.17, 15) is 9.59 Å². The molecule has 2 fully saturated rings. The van der Waals surface area contributed by atoms with Crippen LogP contribution in [0.3, 0.4) is 0 Å². The molecule has 0 spiro atoms. The number of hydrogen-bond donors (Lipinski definition) is 1. The molecule has 1 unspecified atom stereocenters. The van der Waals surface area contributed by atoms with Gasteiger partial charge in [0.25, 0.3) is 0 Å². The number of carbonyl (C=O) groups excluding carboxylic acids is 2. The highest BCUT2D eigenvalue weighted by Gasteiger charge is 2.36. The summed E-state index contributed by atoms with van der Waals surface area (Å²) in [6.07, 6.45) is 4.39. The SMILES string of the molecule is COc1ccccc1N1CC(C(=O)NCc2ccnc(N3CCCC3)c2)CC1=O. The molecule has 0 saturated carbocycles. The maximum absolute atomic E-state index is 12.7. The molecule has 0 bridgehead atoms. The molecule has 152 valence electrons. The van der Waals surface area contributed by atoms with E-state index in [1.165, 1.54) is 12.8 Å². The zero-order valence-corrected chi connectivity index (χ0v) is 16.6. The second-order valence-electron chi connectivity index (χ2n) is 7.51. The van der Waals surface area contributed by atoms with E-state index < -0.39 is 0 Å². The van der Waals surface area contributed by atoms with Crippen LogP contribution in [0, 0.1) is 5.92 Å². The largest absolute Gasteiger partial charge is 0.495 e. The molecule has 7 nitrogen and oxygen atoms in total. The van der Waals surface area contributed by atoms with Crippen molar-refractivity contribution in [2.45, 2.75) is 25.8 Å². The maximum Gasteiger partial charge on any atom is 0.227 e. The summed E-state index contributed by atoms with van der Waals surface area (Å²) >= 11 is 0. The van der Waals surface area contributed by atoms with Crippen LogP contribution in [0.4, 0.5) is 11.5 Å². The van der Waals surface area contributed by atoms with Gasteiger partial charge in [0, 0.05) is 38.8 Å². The quantitative estimate of drug-likeness (QED) is 0.814. The highest BCUT2D eigenvalue weighted by atomic mass is 16.5. The van der Waals surface area contributed by atoms with Gasteiger partial charge in [0.15, 0.2) is 0 Å². The summed E-state index contributed by atoms with van der Waals surface area (Å²) in [5.74, 6) is 1.07. The number of nitrogens with zero attached hydrogens (tertiary/aromatic N) is 3. The summed E-state index contributed by atoms with van der Waals surface area (Å²) in [5.41, 5.74) is 1.72. The minimum Gasteiger partial charge on any atom is -0.495 e. The fraction of sp³-hybridized carbons (Fsp3) is 0.409. The van der Waals surface area contributed by atoms with E-state index in [2.05, 4.69) is 15.2 Å². The zero-order chi connectivity index (χ0) is 20.2. The fourth-order valence-corrected chi connectivity index (χ4v) is 3.99. The lowest BCUT2D eigenvalue weighted by atomic mass is 10.1. The topological polar surface area (TPSA) is 74.8 Å². The second-order valence-corrected chi connectivity index (χ2v) is 7.51. The second kappa shape index (κ2) is 8.51. The number of ether oxygens (including phenoxy) is 1. The van der Waals surface area contributed by atoms with Gasteiger partial charge in [0.05, 0.1) is 18.7 Å². The Hall–Kier alpha value is -3.09. The van der Waals surface area contributed by atoms with E-state index in [4.69, 9.17) is 4.74 Å². The molecule has 29 heavy (non-hydrogen) atoms. The first-order valence-electron chi connectivity index (χ1n) is 10.1. The minimum absolute atomic E-state index is 0.0603. The molecule has 0 aliphatic carbocycles. The predicted molar refractivity (Wildman–Crippen MR) is 111 cm³/mol. The van der Waals surface area contributed by atoms with Crippen LogP contribution in [0.25, 0.3) is 0 Å². The maximum atomic E-state index is 12.7. The molecule has 7 heteroatoms. The van der Waals surface area contributed by atoms with Crippen LogP contribution >= 0.6 is 0 Å². The Morgan fingerprint density at radius 3 is 2.83 bits per heavy atom. The summed E-state index contributed by atoms with van der Waals surface area (Å²) in [7, 11) is 1.58. The number of rotatable bonds is 6. The lowest BCUT2D eigenvalue weighted by Gasteiger charge is -2.19. The third-order valence-corrected chi connectivity index (χ3v) is 5.58. The van der Waals surface area contributed by atoms with Gasteiger partial charge in [-0.2, -0.15) is 0 Å². The number of nitrogens with one attached hydrogen (secondary N) is 1. The summed E-state index contributed by atoms with van der Waals surface area (Å²) in [5, 5.41) is 2.98. The molecule has 2 aliphatic heterocycles. The molecule has 1 aromatic carbocycles. The van der Waals surface area contributed by atoms with Crippen LogP contribution in [0.15, 0.2) is 42.6 Å². The van der Waals surface area contributed by atoms with E-state index in [0.29, 0.717) is 24.5 Å². The Labute approximate surface area is 170 Å². The van der Waals surface area contributed by atoms with Crippen molar-refractivity contribution in [3.8, 4) is 5.75 Å². The van der Waals surface area contributed by atoms with Crippen molar-refractivity contribution in [2.24, 2.45) is 5.92 Å². The normalized spacial score (nSPS) is 18.9. The van der Waals surface area contributed by atoms with E-state index in [1.54, 1.807) is 18.2 Å². The number of para-hydroxylation sites is 2. The van der Waals surface area contributed by atoms with Crippen molar-refractivity contribution in [3.05, 3.63) is 48.2 Å². The average Bonchev–Trinajstić information content (AvgIpc) is 3.42. The highest BCUT2D eigenvalue weighted by Crippen LogP contribution is 2.32. The van der Waals surface area contributed by atoms with Gasteiger partial charge in [-0.1, -0.05) is 12.1 Å². The molecule has 1 aromatic heterocycles. The lowest BCUT2D eigenvalue weighted by Crippen LogP contribution is -2.32. The number of aromatic nitrogens is 1. The van der Waals surface area contributed by atoms with E-state index in [-0.39, 0.29) is 24.2 Å². The number of methoxy groups -OCH3 is 1. The molecule has 1 atom stereocenters. The van der Waals surface area contributed by atoms with Gasteiger partial charge >= 0.3 is 0 Å². The Morgan fingerprint density at radius 2 is 2.03 bits per heavy atom. The van der Waals surface area contributed by atoms with Crippen LogP contribution in [0.1, 0.15) is 24.8 Å². The highest BCUT2D eigenvalue weighted by molar-refractivity contribution is 6.01. The Kier molecular flexibility index (Phi) is 5.64. The van der Waals surface area contributed by atoms with Crippen LogP contribution in [0.5, 0.6) is 5.75 Å².